The molecule has 0 radical (unpaired) electrons. The maximum Gasteiger partial charge on any atom is 0.131 e. The summed E-state index contributed by atoms with van der Waals surface area (Å²) in [7, 11) is 1.89. The Bertz CT molecular complexity index is 297. The van der Waals surface area contributed by atoms with Crippen LogP contribution in [0.3, 0.4) is 0 Å². The summed E-state index contributed by atoms with van der Waals surface area (Å²) >= 11 is 0. The highest BCUT2D eigenvalue weighted by Crippen LogP contribution is 2.16. The average Bonchev–Trinajstić information content (AvgIpc) is 2.25. The largest absolute Gasteiger partial charge is 0.373 e. The lowest BCUT2D eigenvalue weighted by atomic mass is 10.3. The summed E-state index contributed by atoms with van der Waals surface area (Å²) in [4.78, 5) is 6.87. The first-order valence-electron chi connectivity index (χ1n) is 5.60. The molecule has 0 spiro atoms. The van der Waals surface area contributed by atoms with E-state index < -0.39 is 0 Å². The maximum atomic E-state index is 4.55. The summed E-state index contributed by atoms with van der Waals surface area (Å²) in [6.07, 6.45) is 1.14. The van der Waals surface area contributed by atoms with Crippen molar-refractivity contribution in [3.63, 3.8) is 0 Å². The van der Waals surface area contributed by atoms with Crippen molar-refractivity contribution >= 4 is 11.6 Å². The van der Waals surface area contributed by atoms with Crippen molar-refractivity contribution in [3.8, 4) is 0 Å². The molecule has 0 aromatic carbocycles. The van der Waals surface area contributed by atoms with Crippen LogP contribution in [0.4, 0.5) is 11.6 Å². The first-order valence-corrected chi connectivity index (χ1v) is 5.60. The zero-order chi connectivity index (χ0) is 11.3. The van der Waals surface area contributed by atoms with E-state index in [9.17, 15) is 0 Å². The molecule has 1 aromatic heterocycles. The Morgan fingerprint density at radius 3 is 2.67 bits per heavy atom. The lowest BCUT2D eigenvalue weighted by molar-refractivity contribution is 0.662. The molecule has 0 fully saturated rings. The Labute approximate surface area is 92.5 Å². The maximum absolute atomic E-state index is 4.55. The van der Waals surface area contributed by atoms with Crippen LogP contribution in [0.1, 0.15) is 27.2 Å². The van der Waals surface area contributed by atoms with Crippen molar-refractivity contribution in [1.29, 1.82) is 0 Å². The summed E-state index contributed by atoms with van der Waals surface area (Å²) in [6, 6.07) is 6.58. The second-order valence-electron chi connectivity index (χ2n) is 3.92. The van der Waals surface area contributed by atoms with Gasteiger partial charge in [0.15, 0.2) is 0 Å². The van der Waals surface area contributed by atoms with Crippen LogP contribution in [-0.2, 0) is 0 Å². The van der Waals surface area contributed by atoms with E-state index >= 15 is 0 Å². The molecule has 1 rings (SSSR count). The fourth-order valence-corrected chi connectivity index (χ4v) is 1.60. The second-order valence-corrected chi connectivity index (χ2v) is 3.92. The predicted molar refractivity (Wildman–Crippen MR) is 66.6 cm³/mol. The normalized spacial score (nSPS) is 10.5. The summed E-state index contributed by atoms with van der Waals surface area (Å²) < 4.78 is 0. The van der Waals surface area contributed by atoms with E-state index in [1.54, 1.807) is 0 Å². The van der Waals surface area contributed by atoms with Gasteiger partial charge in [-0.2, -0.15) is 0 Å². The molecule has 1 heterocycles. The smallest absolute Gasteiger partial charge is 0.131 e. The number of anilines is 2. The number of pyridine rings is 1. The van der Waals surface area contributed by atoms with Gasteiger partial charge in [0.1, 0.15) is 11.6 Å². The van der Waals surface area contributed by atoms with Crippen LogP contribution in [0.25, 0.3) is 0 Å². The Morgan fingerprint density at radius 2 is 2.13 bits per heavy atom. The van der Waals surface area contributed by atoms with Gasteiger partial charge in [-0.05, 0) is 32.4 Å². The van der Waals surface area contributed by atoms with Crippen molar-refractivity contribution in [3.05, 3.63) is 18.2 Å². The van der Waals surface area contributed by atoms with E-state index in [0.717, 1.165) is 24.6 Å². The van der Waals surface area contributed by atoms with Crippen LogP contribution in [0.2, 0.25) is 0 Å². The topological polar surface area (TPSA) is 28.2 Å². The fourth-order valence-electron chi connectivity index (χ4n) is 1.60. The van der Waals surface area contributed by atoms with Gasteiger partial charge in [-0.25, -0.2) is 4.98 Å². The van der Waals surface area contributed by atoms with Crippen LogP contribution in [0.5, 0.6) is 0 Å². The standard InChI is InChI=1S/C12H21N3/c1-5-9-15(10(2)3)12-8-6-7-11(13-4)14-12/h6-8,10H,5,9H2,1-4H3,(H,13,14). The van der Waals surface area contributed by atoms with E-state index in [2.05, 4.69) is 42.0 Å². The molecular weight excluding hydrogens is 186 g/mol. The summed E-state index contributed by atoms with van der Waals surface area (Å²) in [5.74, 6) is 1.98. The van der Waals surface area contributed by atoms with Crippen molar-refractivity contribution in [2.24, 2.45) is 0 Å². The molecule has 0 bridgehead atoms. The second kappa shape index (κ2) is 5.59. The lowest BCUT2D eigenvalue weighted by Gasteiger charge is -2.27. The van der Waals surface area contributed by atoms with Gasteiger partial charge in [-0.1, -0.05) is 13.0 Å². The minimum absolute atomic E-state index is 0.490. The van der Waals surface area contributed by atoms with Crippen LogP contribution in [0, 0.1) is 0 Å². The van der Waals surface area contributed by atoms with Crippen molar-refractivity contribution in [1.82, 2.24) is 4.98 Å². The molecule has 1 aromatic rings. The number of hydrogen-bond acceptors (Lipinski definition) is 3. The van der Waals surface area contributed by atoms with Gasteiger partial charge in [0.05, 0.1) is 0 Å². The van der Waals surface area contributed by atoms with E-state index in [1.807, 2.05) is 19.2 Å². The van der Waals surface area contributed by atoms with Gasteiger partial charge in [0.2, 0.25) is 0 Å². The Kier molecular flexibility index (Phi) is 4.40. The highest BCUT2D eigenvalue weighted by molar-refractivity contribution is 5.47. The third-order valence-corrected chi connectivity index (χ3v) is 2.37. The third-order valence-electron chi connectivity index (χ3n) is 2.37. The van der Waals surface area contributed by atoms with Crippen LogP contribution in [-0.4, -0.2) is 24.6 Å². The SMILES string of the molecule is CCCN(c1cccc(NC)n1)C(C)C. The molecule has 1 N–H and O–H groups in total. The van der Waals surface area contributed by atoms with Gasteiger partial charge >= 0.3 is 0 Å². The molecule has 0 saturated heterocycles. The Balaban J connectivity index is 2.89. The average molecular weight is 207 g/mol. The minimum atomic E-state index is 0.490. The minimum Gasteiger partial charge on any atom is -0.373 e. The zero-order valence-corrected chi connectivity index (χ0v) is 10.1. The van der Waals surface area contributed by atoms with E-state index in [0.29, 0.717) is 6.04 Å². The Morgan fingerprint density at radius 1 is 1.40 bits per heavy atom. The Hall–Kier alpha value is -1.25. The van der Waals surface area contributed by atoms with Crippen molar-refractivity contribution in [2.45, 2.75) is 33.2 Å². The van der Waals surface area contributed by atoms with Gasteiger partial charge < -0.3 is 10.2 Å². The molecule has 3 heteroatoms. The van der Waals surface area contributed by atoms with Crippen LogP contribution in [0.15, 0.2) is 18.2 Å². The molecule has 3 nitrogen and oxygen atoms in total. The molecule has 0 aliphatic carbocycles. The first kappa shape index (κ1) is 11.8. The molecule has 0 saturated carbocycles. The highest BCUT2D eigenvalue weighted by Gasteiger charge is 2.10. The van der Waals surface area contributed by atoms with Gasteiger partial charge in [-0.3, -0.25) is 0 Å². The summed E-state index contributed by atoms with van der Waals surface area (Å²) in [5, 5.41) is 3.07. The summed E-state index contributed by atoms with van der Waals surface area (Å²) in [5.41, 5.74) is 0. The van der Waals surface area contributed by atoms with E-state index in [-0.39, 0.29) is 0 Å². The zero-order valence-electron chi connectivity index (χ0n) is 10.1. The molecule has 0 amide bonds. The number of nitrogens with zero attached hydrogens (tertiary/aromatic N) is 2. The highest BCUT2D eigenvalue weighted by atomic mass is 15.2. The number of aromatic nitrogens is 1. The van der Waals surface area contributed by atoms with Gasteiger partial charge in [-0.15, -0.1) is 0 Å². The number of rotatable bonds is 5. The van der Waals surface area contributed by atoms with E-state index in [1.165, 1.54) is 0 Å². The van der Waals surface area contributed by atoms with Crippen molar-refractivity contribution in [2.75, 3.05) is 23.8 Å². The van der Waals surface area contributed by atoms with E-state index in [4.69, 9.17) is 0 Å². The molecule has 84 valence electrons. The lowest BCUT2D eigenvalue weighted by Crippen LogP contribution is -2.32. The van der Waals surface area contributed by atoms with Crippen LogP contribution >= 0.6 is 0 Å². The fraction of sp³-hybridized carbons (Fsp3) is 0.583. The predicted octanol–water partition coefficient (Wildman–Crippen LogP) is 2.75. The molecule has 0 unspecified atom stereocenters. The molecular formula is C12H21N3. The third kappa shape index (κ3) is 3.11. The quantitative estimate of drug-likeness (QED) is 0.804. The monoisotopic (exact) mass is 207 g/mol. The molecule has 0 aliphatic rings. The summed E-state index contributed by atoms with van der Waals surface area (Å²) in [6.45, 7) is 7.64. The van der Waals surface area contributed by atoms with Gasteiger partial charge in [0, 0.05) is 19.6 Å². The first-order chi connectivity index (χ1) is 7.19. The van der Waals surface area contributed by atoms with Gasteiger partial charge in [0.25, 0.3) is 0 Å². The molecule has 0 atom stereocenters. The van der Waals surface area contributed by atoms with Crippen molar-refractivity contribution < 1.29 is 0 Å². The number of nitrogens with one attached hydrogen (secondary N) is 1. The molecule has 0 aliphatic heterocycles. The molecule has 15 heavy (non-hydrogen) atoms. The number of hydrogen-bond donors (Lipinski definition) is 1. The van der Waals surface area contributed by atoms with Crippen LogP contribution < -0.4 is 10.2 Å².